The van der Waals surface area contributed by atoms with E-state index in [0.29, 0.717) is 12.7 Å². The fourth-order valence-corrected chi connectivity index (χ4v) is 2.95. The molecule has 1 unspecified atom stereocenters. The van der Waals surface area contributed by atoms with Gasteiger partial charge in [0.1, 0.15) is 12.7 Å². The molecule has 5 nitrogen and oxygen atoms in total. The summed E-state index contributed by atoms with van der Waals surface area (Å²) < 4.78 is 26.7. The molecule has 1 atom stereocenters. The first-order valence-corrected chi connectivity index (χ1v) is 7.18. The molecule has 1 saturated heterocycles. The van der Waals surface area contributed by atoms with Crippen molar-refractivity contribution in [2.24, 2.45) is 0 Å². The Balaban J connectivity index is 2.45. The largest absolute Gasteiger partial charge is 0.507 e. The second-order valence-corrected chi connectivity index (χ2v) is 6.44. The van der Waals surface area contributed by atoms with Crippen molar-refractivity contribution in [1.82, 2.24) is 0 Å². The molecule has 16 heavy (non-hydrogen) atoms. The Kier molecular flexibility index (Phi) is 5.43. The zero-order valence-electron chi connectivity index (χ0n) is 10.3. The van der Waals surface area contributed by atoms with E-state index in [1.165, 1.54) is 0 Å². The van der Waals surface area contributed by atoms with Crippen LogP contribution in [0.15, 0.2) is 11.8 Å². The van der Waals surface area contributed by atoms with Gasteiger partial charge in [-0.2, -0.15) is 0 Å². The van der Waals surface area contributed by atoms with Crippen molar-refractivity contribution in [3.8, 4) is 0 Å². The van der Waals surface area contributed by atoms with Crippen LogP contribution in [0.5, 0.6) is 0 Å². The Morgan fingerprint density at radius 1 is 1.31 bits per heavy atom. The molecule has 1 rings (SSSR count). The van der Waals surface area contributed by atoms with Gasteiger partial charge in [-0.3, -0.25) is 0 Å². The lowest BCUT2D eigenvalue weighted by Gasteiger charge is -2.25. The third kappa shape index (κ3) is 3.87. The number of ether oxygens (including phenoxy) is 2. The predicted molar refractivity (Wildman–Crippen MR) is 61.0 cm³/mol. The topological polar surface area (TPSA) is 49.5 Å². The molecular weight excluding hydrogens is 228 g/mol. The summed E-state index contributed by atoms with van der Waals surface area (Å²) in [5.41, 5.74) is 0. The average Bonchev–Trinajstić information content (AvgIpc) is 3.14. The summed E-state index contributed by atoms with van der Waals surface area (Å²) in [6.45, 7) is 3.29. The van der Waals surface area contributed by atoms with Gasteiger partial charge in [0.15, 0.2) is 0 Å². The van der Waals surface area contributed by atoms with Crippen LogP contribution in [0.25, 0.3) is 0 Å². The summed E-state index contributed by atoms with van der Waals surface area (Å²) in [6.07, 6.45) is 2.15. The van der Waals surface area contributed by atoms with E-state index in [-0.39, 0.29) is 6.10 Å². The maximum Gasteiger partial charge on any atom is 0.507 e. The van der Waals surface area contributed by atoms with E-state index in [9.17, 15) is 0 Å². The van der Waals surface area contributed by atoms with Crippen LogP contribution in [0.1, 0.15) is 6.92 Å². The minimum atomic E-state index is -2.59. The third-order valence-electron chi connectivity index (χ3n) is 2.50. The van der Waals surface area contributed by atoms with Crippen molar-refractivity contribution >= 4 is 8.80 Å². The van der Waals surface area contributed by atoms with E-state index < -0.39 is 8.80 Å². The zero-order valence-corrected chi connectivity index (χ0v) is 11.3. The fourth-order valence-electron chi connectivity index (χ4n) is 1.28. The van der Waals surface area contributed by atoms with Crippen LogP contribution < -0.4 is 0 Å². The molecule has 6 heteroatoms. The monoisotopic (exact) mass is 248 g/mol. The van der Waals surface area contributed by atoms with Gasteiger partial charge in [0.05, 0.1) is 18.4 Å². The Morgan fingerprint density at radius 2 is 1.88 bits per heavy atom. The SMILES string of the molecule is CC=C(C[Si](OC)(OC)OC)OCC1CO1. The molecule has 0 spiro atoms. The number of epoxide rings is 1. The van der Waals surface area contributed by atoms with Crippen LogP contribution in [0.4, 0.5) is 0 Å². The van der Waals surface area contributed by atoms with E-state index in [0.717, 1.165) is 12.4 Å². The van der Waals surface area contributed by atoms with Crippen LogP contribution in [-0.2, 0) is 22.8 Å². The molecule has 0 aromatic rings. The second kappa shape index (κ2) is 6.36. The van der Waals surface area contributed by atoms with Crippen molar-refractivity contribution in [1.29, 1.82) is 0 Å². The Labute approximate surface area is 97.6 Å². The lowest BCUT2D eigenvalue weighted by molar-refractivity contribution is 0.114. The minimum absolute atomic E-state index is 0.249. The van der Waals surface area contributed by atoms with Gasteiger partial charge in [-0.1, -0.05) is 0 Å². The number of rotatable bonds is 8. The summed E-state index contributed by atoms with van der Waals surface area (Å²) in [5, 5.41) is 0. The maximum absolute atomic E-state index is 5.61. The van der Waals surface area contributed by atoms with Gasteiger partial charge in [0.25, 0.3) is 0 Å². The average molecular weight is 248 g/mol. The van der Waals surface area contributed by atoms with Crippen LogP contribution in [0.2, 0.25) is 6.04 Å². The molecule has 1 heterocycles. The molecular formula is C10H20O5Si. The Bertz CT molecular complexity index is 227. The highest BCUT2D eigenvalue weighted by Crippen LogP contribution is 2.21. The highest BCUT2D eigenvalue weighted by Gasteiger charge is 2.39. The van der Waals surface area contributed by atoms with E-state index in [1.54, 1.807) is 21.3 Å². The summed E-state index contributed by atoms with van der Waals surface area (Å²) >= 11 is 0. The molecule has 0 saturated carbocycles. The number of hydrogen-bond acceptors (Lipinski definition) is 5. The van der Waals surface area contributed by atoms with E-state index in [2.05, 4.69) is 0 Å². The van der Waals surface area contributed by atoms with Crippen molar-refractivity contribution in [3.63, 3.8) is 0 Å². The van der Waals surface area contributed by atoms with Gasteiger partial charge in [-0.15, -0.1) is 0 Å². The lowest BCUT2D eigenvalue weighted by Crippen LogP contribution is -2.43. The molecule has 0 aromatic carbocycles. The predicted octanol–water partition coefficient (Wildman–Crippen LogP) is 1.18. The summed E-state index contributed by atoms with van der Waals surface area (Å²) in [6, 6.07) is 0.541. The molecule has 1 aliphatic heterocycles. The van der Waals surface area contributed by atoms with Gasteiger partial charge in [0.2, 0.25) is 0 Å². The lowest BCUT2D eigenvalue weighted by atomic mass is 10.5. The molecule has 0 aliphatic carbocycles. The van der Waals surface area contributed by atoms with Gasteiger partial charge in [0, 0.05) is 21.3 Å². The minimum Gasteiger partial charge on any atom is -0.496 e. The molecule has 0 amide bonds. The highest BCUT2D eigenvalue weighted by molar-refractivity contribution is 6.61. The van der Waals surface area contributed by atoms with Crippen molar-refractivity contribution in [2.45, 2.75) is 19.1 Å². The second-order valence-electron chi connectivity index (χ2n) is 3.49. The normalized spacial score (nSPS) is 21.0. The number of allylic oxidation sites excluding steroid dienone is 2. The highest BCUT2D eigenvalue weighted by atomic mass is 28.4. The smallest absolute Gasteiger partial charge is 0.496 e. The van der Waals surface area contributed by atoms with Gasteiger partial charge in [-0.25, -0.2) is 0 Å². The summed E-state index contributed by atoms with van der Waals surface area (Å²) in [7, 11) is 2.19. The number of hydrogen-bond donors (Lipinski definition) is 0. The zero-order chi connectivity index (χ0) is 12.0. The van der Waals surface area contributed by atoms with E-state index in [1.807, 2.05) is 13.0 Å². The first-order chi connectivity index (χ1) is 7.69. The third-order valence-corrected chi connectivity index (χ3v) is 5.15. The van der Waals surface area contributed by atoms with Gasteiger partial charge in [-0.05, 0) is 13.0 Å². The molecule has 0 aromatic heterocycles. The molecule has 1 aliphatic rings. The quantitative estimate of drug-likeness (QED) is 0.367. The van der Waals surface area contributed by atoms with Gasteiger partial charge < -0.3 is 22.8 Å². The van der Waals surface area contributed by atoms with Crippen LogP contribution in [0.3, 0.4) is 0 Å². The standard InChI is InChI=1S/C10H20O5Si/c1-5-9(14-6-10-7-15-10)8-16(11-2,12-3)13-4/h5,10H,6-8H2,1-4H3. The van der Waals surface area contributed by atoms with Crippen molar-refractivity contribution in [2.75, 3.05) is 34.5 Å². The Morgan fingerprint density at radius 3 is 2.25 bits per heavy atom. The van der Waals surface area contributed by atoms with E-state index >= 15 is 0 Å². The van der Waals surface area contributed by atoms with Gasteiger partial charge >= 0.3 is 8.80 Å². The summed E-state index contributed by atoms with van der Waals surface area (Å²) in [4.78, 5) is 0. The molecule has 0 radical (unpaired) electrons. The first-order valence-electron chi connectivity index (χ1n) is 5.24. The molecule has 0 N–H and O–H groups in total. The van der Waals surface area contributed by atoms with Crippen LogP contribution >= 0.6 is 0 Å². The van der Waals surface area contributed by atoms with Crippen LogP contribution in [0, 0.1) is 0 Å². The molecule has 0 bridgehead atoms. The maximum atomic E-state index is 5.61. The van der Waals surface area contributed by atoms with E-state index in [4.69, 9.17) is 22.8 Å². The summed E-state index contributed by atoms with van der Waals surface area (Å²) in [5.74, 6) is 0.827. The van der Waals surface area contributed by atoms with Crippen LogP contribution in [-0.4, -0.2) is 49.5 Å². The molecule has 1 fully saturated rings. The Hall–Kier alpha value is -0.403. The fraction of sp³-hybridized carbons (Fsp3) is 0.800. The molecule has 94 valence electrons. The van der Waals surface area contributed by atoms with Crippen molar-refractivity contribution in [3.05, 3.63) is 11.8 Å². The van der Waals surface area contributed by atoms with Crippen molar-refractivity contribution < 1.29 is 22.8 Å². The first kappa shape index (κ1) is 13.7.